The summed E-state index contributed by atoms with van der Waals surface area (Å²) in [6, 6.07) is 5.68. The summed E-state index contributed by atoms with van der Waals surface area (Å²) >= 11 is 0. The second kappa shape index (κ2) is 4.73. The molecule has 0 fully saturated rings. The molecule has 0 spiro atoms. The van der Waals surface area contributed by atoms with E-state index in [1.165, 1.54) is 0 Å². The van der Waals surface area contributed by atoms with Gasteiger partial charge >= 0.3 is 0 Å². The molecular formula is C12H16N2O. The van der Waals surface area contributed by atoms with E-state index in [1.807, 2.05) is 39.0 Å². The summed E-state index contributed by atoms with van der Waals surface area (Å²) < 4.78 is 5.62. The zero-order valence-corrected chi connectivity index (χ0v) is 9.37. The van der Waals surface area contributed by atoms with Gasteiger partial charge in [0.25, 0.3) is 0 Å². The van der Waals surface area contributed by atoms with E-state index in [0.717, 1.165) is 5.56 Å². The van der Waals surface area contributed by atoms with Crippen molar-refractivity contribution in [3.8, 4) is 5.75 Å². The zero-order valence-electron chi connectivity index (χ0n) is 9.37. The Morgan fingerprint density at radius 1 is 1.47 bits per heavy atom. The molecule has 15 heavy (non-hydrogen) atoms. The van der Waals surface area contributed by atoms with Crippen molar-refractivity contribution in [3.05, 3.63) is 29.3 Å². The highest BCUT2D eigenvalue weighted by Gasteiger charge is 2.09. The fourth-order valence-corrected chi connectivity index (χ4v) is 1.26. The highest BCUT2D eigenvalue weighted by molar-refractivity contribution is 6.01. The third-order valence-electron chi connectivity index (χ3n) is 1.91. The van der Waals surface area contributed by atoms with Crippen LogP contribution in [0, 0.1) is 12.3 Å². The van der Waals surface area contributed by atoms with Crippen LogP contribution in [-0.2, 0) is 0 Å². The number of ether oxygens (including phenoxy) is 1. The molecule has 0 heterocycles. The predicted octanol–water partition coefficient (Wildman–Crippen LogP) is 2.81. The quantitative estimate of drug-likeness (QED) is 0.597. The van der Waals surface area contributed by atoms with Crippen molar-refractivity contribution < 1.29 is 4.74 Å². The van der Waals surface area contributed by atoms with E-state index in [9.17, 15) is 0 Å². The van der Waals surface area contributed by atoms with Crippen LogP contribution in [0.2, 0.25) is 0 Å². The number of nitrogens with one attached hydrogen (secondary N) is 1. The summed E-state index contributed by atoms with van der Waals surface area (Å²) in [7, 11) is 0. The van der Waals surface area contributed by atoms with Gasteiger partial charge in [-0.25, -0.2) is 4.99 Å². The lowest BCUT2D eigenvalue weighted by Gasteiger charge is -2.14. The monoisotopic (exact) mass is 204 g/mol. The molecule has 0 amide bonds. The SMILES string of the molecule is C=NC(=N)c1ccc(C)cc1OC(C)C. The van der Waals surface area contributed by atoms with Gasteiger partial charge in [0.1, 0.15) is 5.75 Å². The summed E-state index contributed by atoms with van der Waals surface area (Å²) in [6.45, 7) is 9.25. The molecule has 80 valence electrons. The summed E-state index contributed by atoms with van der Waals surface area (Å²) in [5.74, 6) is 0.841. The maximum absolute atomic E-state index is 7.62. The summed E-state index contributed by atoms with van der Waals surface area (Å²) in [5.41, 5.74) is 1.79. The Hall–Kier alpha value is -1.64. The minimum absolute atomic E-state index is 0.0863. The fraction of sp³-hybridized carbons (Fsp3) is 0.333. The number of benzene rings is 1. The number of nitrogens with zero attached hydrogens (tertiary/aromatic N) is 1. The molecule has 0 bridgehead atoms. The first kappa shape index (κ1) is 11.4. The Morgan fingerprint density at radius 2 is 2.13 bits per heavy atom. The molecule has 0 unspecified atom stereocenters. The number of hydrogen-bond donors (Lipinski definition) is 1. The zero-order chi connectivity index (χ0) is 11.4. The normalized spacial score (nSPS) is 10.1. The van der Waals surface area contributed by atoms with Gasteiger partial charge in [0.15, 0.2) is 5.84 Å². The van der Waals surface area contributed by atoms with Crippen molar-refractivity contribution in [2.75, 3.05) is 0 Å². The predicted molar refractivity (Wildman–Crippen MR) is 63.3 cm³/mol. The third kappa shape index (κ3) is 2.91. The Bertz CT molecular complexity index is 383. The lowest BCUT2D eigenvalue weighted by atomic mass is 10.1. The van der Waals surface area contributed by atoms with Crippen LogP contribution >= 0.6 is 0 Å². The van der Waals surface area contributed by atoms with E-state index < -0.39 is 0 Å². The van der Waals surface area contributed by atoms with Gasteiger partial charge in [-0.15, -0.1) is 0 Å². The molecule has 1 aromatic carbocycles. The second-order valence-electron chi connectivity index (χ2n) is 3.67. The maximum atomic E-state index is 7.62. The van der Waals surface area contributed by atoms with Crippen LogP contribution in [0.1, 0.15) is 25.0 Å². The lowest BCUT2D eigenvalue weighted by Crippen LogP contribution is -2.09. The number of rotatable bonds is 3. The van der Waals surface area contributed by atoms with E-state index in [1.54, 1.807) is 0 Å². The minimum atomic E-state index is 0.0863. The summed E-state index contributed by atoms with van der Waals surface area (Å²) in [5, 5.41) is 7.62. The average molecular weight is 204 g/mol. The van der Waals surface area contributed by atoms with Crippen LogP contribution in [0.25, 0.3) is 0 Å². The van der Waals surface area contributed by atoms with Crippen molar-refractivity contribution in [2.24, 2.45) is 4.99 Å². The molecular weight excluding hydrogens is 188 g/mol. The van der Waals surface area contributed by atoms with Gasteiger partial charge in [0.05, 0.1) is 11.7 Å². The van der Waals surface area contributed by atoms with Gasteiger partial charge in [0.2, 0.25) is 0 Å². The molecule has 0 aliphatic heterocycles. The van der Waals surface area contributed by atoms with Crippen LogP contribution < -0.4 is 4.74 Å². The largest absolute Gasteiger partial charge is 0.490 e. The van der Waals surface area contributed by atoms with E-state index in [-0.39, 0.29) is 11.9 Å². The Morgan fingerprint density at radius 3 is 2.67 bits per heavy atom. The molecule has 0 aliphatic carbocycles. The molecule has 1 aromatic rings. The molecule has 0 saturated carbocycles. The molecule has 3 nitrogen and oxygen atoms in total. The number of hydrogen-bond acceptors (Lipinski definition) is 2. The first-order chi connectivity index (χ1) is 7.04. The summed E-state index contributed by atoms with van der Waals surface area (Å²) in [4.78, 5) is 3.61. The second-order valence-corrected chi connectivity index (χ2v) is 3.67. The molecule has 3 heteroatoms. The first-order valence-electron chi connectivity index (χ1n) is 4.87. The van der Waals surface area contributed by atoms with Crippen LogP contribution in [0.5, 0.6) is 5.75 Å². The smallest absolute Gasteiger partial charge is 0.154 e. The Balaban J connectivity index is 3.13. The third-order valence-corrected chi connectivity index (χ3v) is 1.91. The molecule has 0 radical (unpaired) electrons. The first-order valence-corrected chi connectivity index (χ1v) is 4.87. The standard InChI is InChI=1S/C12H16N2O/c1-8(2)15-11-7-9(3)5-6-10(11)12(13)14-4/h5-8,13H,4H2,1-3H3. The van der Waals surface area contributed by atoms with Crippen molar-refractivity contribution in [2.45, 2.75) is 26.9 Å². The van der Waals surface area contributed by atoms with Crippen molar-refractivity contribution in [1.82, 2.24) is 0 Å². The van der Waals surface area contributed by atoms with Gasteiger partial charge in [0, 0.05) is 0 Å². The van der Waals surface area contributed by atoms with Gasteiger partial charge in [-0.05, 0) is 45.2 Å². The number of amidine groups is 1. The van der Waals surface area contributed by atoms with E-state index >= 15 is 0 Å². The highest BCUT2D eigenvalue weighted by Crippen LogP contribution is 2.22. The Labute approximate surface area is 90.3 Å². The minimum Gasteiger partial charge on any atom is -0.490 e. The maximum Gasteiger partial charge on any atom is 0.154 e. The number of aryl methyl sites for hydroxylation is 1. The lowest BCUT2D eigenvalue weighted by molar-refractivity contribution is 0.242. The van der Waals surface area contributed by atoms with E-state index in [4.69, 9.17) is 10.1 Å². The molecule has 1 N–H and O–H groups in total. The average Bonchev–Trinajstić information content (AvgIpc) is 2.16. The van der Waals surface area contributed by atoms with Crippen molar-refractivity contribution in [1.29, 1.82) is 5.41 Å². The number of aliphatic imine (C=N–C) groups is 1. The van der Waals surface area contributed by atoms with Gasteiger partial charge in [-0.1, -0.05) is 6.07 Å². The van der Waals surface area contributed by atoms with Gasteiger partial charge in [-0.2, -0.15) is 0 Å². The summed E-state index contributed by atoms with van der Waals surface area (Å²) in [6.07, 6.45) is 0.0863. The topological polar surface area (TPSA) is 45.4 Å². The van der Waals surface area contributed by atoms with Crippen LogP contribution in [-0.4, -0.2) is 18.7 Å². The molecule has 0 aromatic heterocycles. The molecule has 0 atom stereocenters. The van der Waals surface area contributed by atoms with E-state index in [0.29, 0.717) is 11.3 Å². The van der Waals surface area contributed by atoms with Gasteiger partial charge < -0.3 is 4.74 Å². The van der Waals surface area contributed by atoms with Crippen LogP contribution in [0.4, 0.5) is 0 Å². The molecule has 0 saturated heterocycles. The van der Waals surface area contributed by atoms with Crippen LogP contribution in [0.3, 0.4) is 0 Å². The highest BCUT2D eigenvalue weighted by atomic mass is 16.5. The molecule has 0 aliphatic rings. The van der Waals surface area contributed by atoms with E-state index in [2.05, 4.69) is 11.7 Å². The van der Waals surface area contributed by atoms with Crippen LogP contribution in [0.15, 0.2) is 23.2 Å². The van der Waals surface area contributed by atoms with Gasteiger partial charge in [-0.3, -0.25) is 5.41 Å². The Kier molecular flexibility index (Phi) is 3.61. The molecule has 1 rings (SSSR count). The van der Waals surface area contributed by atoms with Crippen molar-refractivity contribution in [3.63, 3.8) is 0 Å². The fourth-order valence-electron chi connectivity index (χ4n) is 1.26. The van der Waals surface area contributed by atoms with Crippen molar-refractivity contribution >= 4 is 12.6 Å².